The molecule has 7 heteroatoms. The Morgan fingerprint density at radius 1 is 1.38 bits per heavy atom. The number of oxazole rings is 1. The zero-order valence-corrected chi connectivity index (χ0v) is 12.9. The number of urea groups is 1. The van der Waals surface area contributed by atoms with E-state index in [4.69, 9.17) is 8.83 Å². The van der Waals surface area contributed by atoms with Gasteiger partial charge in [0.05, 0.1) is 12.8 Å². The van der Waals surface area contributed by atoms with E-state index >= 15 is 0 Å². The van der Waals surface area contributed by atoms with Crippen molar-refractivity contribution < 1.29 is 18.7 Å². The Balaban J connectivity index is 1.37. The predicted molar refractivity (Wildman–Crippen MR) is 86.7 cm³/mol. The molecular formula is C17H17N3O4. The molecule has 124 valence electrons. The van der Waals surface area contributed by atoms with E-state index in [-0.39, 0.29) is 6.54 Å². The minimum absolute atomic E-state index is 0.0513. The topological polar surface area (TPSA) is 101 Å². The van der Waals surface area contributed by atoms with Crippen LogP contribution < -0.4 is 10.6 Å². The van der Waals surface area contributed by atoms with Crippen molar-refractivity contribution in [3.05, 3.63) is 48.2 Å². The number of aromatic nitrogens is 1. The highest BCUT2D eigenvalue weighted by molar-refractivity contribution is 5.91. The summed E-state index contributed by atoms with van der Waals surface area (Å²) in [5.41, 5.74) is 2.05. The molecule has 1 saturated carbocycles. The Bertz CT molecular complexity index is 852. The molecule has 2 heterocycles. The van der Waals surface area contributed by atoms with Gasteiger partial charge in [-0.05, 0) is 37.1 Å². The molecule has 3 aromatic rings. The summed E-state index contributed by atoms with van der Waals surface area (Å²) in [7, 11) is 0. The number of nitrogens with one attached hydrogen (secondary N) is 2. The summed E-state index contributed by atoms with van der Waals surface area (Å²) in [4.78, 5) is 16.4. The minimum atomic E-state index is -0.886. The van der Waals surface area contributed by atoms with Gasteiger partial charge < -0.3 is 24.6 Å². The maximum atomic E-state index is 11.9. The van der Waals surface area contributed by atoms with Crippen LogP contribution in [-0.4, -0.2) is 22.7 Å². The fourth-order valence-electron chi connectivity index (χ4n) is 2.47. The maximum Gasteiger partial charge on any atom is 0.319 e. The predicted octanol–water partition coefficient (Wildman–Crippen LogP) is 3.15. The number of amides is 2. The summed E-state index contributed by atoms with van der Waals surface area (Å²) in [5, 5.41) is 15.2. The minimum Gasteiger partial charge on any atom is -0.467 e. The third-order valence-electron chi connectivity index (χ3n) is 3.92. The first kappa shape index (κ1) is 14.8. The molecule has 0 spiro atoms. The maximum absolute atomic E-state index is 11.9. The smallest absolute Gasteiger partial charge is 0.319 e. The number of hydrogen-bond acceptors (Lipinski definition) is 5. The van der Waals surface area contributed by atoms with E-state index in [2.05, 4.69) is 15.6 Å². The standard InChI is InChI=1S/C17H17N3O4/c21-13(14-2-1-7-23-14)9-18-17(22)19-11-5-6-12-15(8-11)24-16(20-12)10-3-4-10/h1-2,5-8,10,13,21H,3-4,9H2,(H2,18,19,22). The molecule has 2 amide bonds. The van der Waals surface area contributed by atoms with Gasteiger partial charge in [0.2, 0.25) is 0 Å². The number of carbonyl (C=O) groups excluding carboxylic acids is 1. The molecule has 1 aliphatic carbocycles. The van der Waals surface area contributed by atoms with Gasteiger partial charge in [0, 0.05) is 17.7 Å². The number of nitrogens with zero attached hydrogens (tertiary/aromatic N) is 1. The van der Waals surface area contributed by atoms with E-state index in [1.165, 1.54) is 6.26 Å². The largest absolute Gasteiger partial charge is 0.467 e. The molecule has 1 aromatic carbocycles. The van der Waals surface area contributed by atoms with Crippen molar-refractivity contribution in [3.63, 3.8) is 0 Å². The van der Waals surface area contributed by atoms with Gasteiger partial charge in [-0.1, -0.05) is 0 Å². The Labute approximate surface area is 137 Å². The van der Waals surface area contributed by atoms with Gasteiger partial charge in [0.15, 0.2) is 11.5 Å². The molecular weight excluding hydrogens is 310 g/mol. The molecule has 0 aliphatic heterocycles. The van der Waals surface area contributed by atoms with Crippen molar-refractivity contribution in [3.8, 4) is 0 Å². The molecule has 1 atom stereocenters. The molecule has 24 heavy (non-hydrogen) atoms. The Hall–Kier alpha value is -2.80. The van der Waals surface area contributed by atoms with Crippen LogP contribution in [0.5, 0.6) is 0 Å². The van der Waals surface area contributed by atoms with Gasteiger partial charge in [-0.25, -0.2) is 9.78 Å². The molecule has 4 rings (SSSR count). The van der Waals surface area contributed by atoms with Crippen LogP contribution in [0.25, 0.3) is 11.1 Å². The summed E-state index contributed by atoms with van der Waals surface area (Å²) in [6.45, 7) is 0.0513. The summed E-state index contributed by atoms with van der Waals surface area (Å²) < 4.78 is 10.8. The third kappa shape index (κ3) is 3.11. The van der Waals surface area contributed by atoms with Crippen LogP contribution in [0.15, 0.2) is 45.4 Å². The fourth-order valence-corrected chi connectivity index (χ4v) is 2.47. The number of hydrogen-bond donors (Lipinski definition) is 3. The van der Waals surface area contributed by atoms with Crippen molar-refractivity contribution in [2.75, 3.05) is 11.9 Å². The summed E-state index contributed by atoms with van der Waals surface area (Å²) in [6, 6.07) is 8.25. The highest BCUT2D eigenvalue weighted by Gasteiger charge is 2.28. The quantitative estimate of drug-likeness (QED) is 0.668. The molecule has 1 aliphatic rings. The Morgan fingerprint density at radius 2 is 2.25 bits per heavy atom. The second kappa shape index (κ2) is 6.01. The van der Waals surface area contributed by atoms with Crippen molar-refractivity contribution >= 4 is 22.8 Å². The molecule has 0 saturated heterocycles. The first-order valence-electron chi connectivity index (χ1n) is 7.86. The van der Waals surface area contributed by atoms with Crippen LogP contribution in [0, 0.1) is 0 Å². The highest BCUT2D eigenvalue weighted by Crippen LogP contribution is 2.40. The van der Waals surface area contributed by atoms with Crippen LogP contribution in [-0.2, 0) is 0 Å². The van der Waals surface area contributed by atoms with Crippen LogP contribution >= 0.6 is 0 Å². The summed E-state index contributed by atoms with van der Waals surface area (Å²) in [6.07, 6.45) is 2.83. The van der Waals surface area contributed by atoms with E-state index in [0.29, 0.717) is 22.9 Å². The fraction of sp³-hybridized carbons (Fsp3) is 0.294. The molecule has 1 unspecified atom stereocenters. The lowest BCUT2D eigenvalue weighted by Gasteiger charge is -2.10. The number of aliphatic hydroxyl groups is 1. The Morgan fingerprint density at radius 3 is 3.00 bits per heavy atom. The van der Waals surface area contributed by atoms with Crippen LogP contribution in [0.3, 0.4) is 0 Å². The van der Waals surface area contributed by atoms with Gasteiger partial charge >= 0.3 is 6.03 Å². The lowest BCUT2D eigenvalue weighted by molar-refractivity contribution is 0.149. The van der Waals surface area contributed by atoms with Crippen molar-refractivity contribution in [2.24, 2.45) is 0 Å². The van der Waals surface area contributed by atoms with Gasteiger partial charge in [-0.2, -0.15) is 0 Å². The molecule has 1 fully saturated rings. The van der Waals surface area contributed by atoms with Crippen molar-refractivity contribution in [2.45, 2.75) is 24.9 Å². The molecule has 2 aromatic heterocycles. The van der Waals surface area contributed by atoms with Crippen molar-refractivity contribution in [1.82, 2.24) is 10.3 Å². The SMILES string of the molecule is O=C(NCC(O)c1ccco1)Nc1ccc2nc(C3CC3)oc2c1. The van der Waals surface area contributed by atoms with Crippen molar-refractivity contribution in [1.29, 1.82) is 0 Å². The Kier molecular flexibility index (Phi) is 3.70. The van der Waals surface area contributed by atoms with Crippen LogP contribution in [0.1, 0.15) is 36.5 Å². The second-order valence-corrected chi connectivity index (χ2v) is 5.88. The molecule has 3 N–H and O–H groups in total. The average Bonchev–Trinajstić information content (AvgIpc) is 3.11. The number of furan rings is 1. The van der Waals surface area contributed by atoms with E-state index in [0.717, 1.165) is 24.2 Å². The van der Waals surface area contributed by atoms with E-state index in [1.54, 1.807) is 24.3 Å². The van der Waals surface area contributed by atoms with E-state index in [1.807, 2.05) is 6.07 Å². The molecule has 7 nitrogen and oxygen atoms in total. The van der Waals surface area contributed by atoms with Gasteiger partial charge in [-0.15, -0.1) is 0 Å². The monoisotopic (exact) mass is 327 g/mol. The van der Waals surface area contributed by atoms with E-state index in [9.17, 15) is 9.90 Å². The summed E-state index contributed by atoms with van der Waals surface area (Å²) >= 11 is 0. The lowest BCUT2D eigenvalue weighted by atomic mass is 10.2. The van der Waals surface area contributed by atoms with Crippen LogP contribution in [0.4, 0.5) is 10.5 Å². The number of anilines is 1. The average molecular weight is 327 g/mol. The number of aliphatic hydroxyl groups excluding tert-OH is 1. The van der Waals surface area contributed by atoms with Gasteiger partial charge in [-0.3, -0.25) is 0 Å². The zero-order chi connectivity index (χ0) is 16.5. The molecule has 0 bridgehead atoms. The van der Waals surface area contributed by atoms with E-state index < -0.39 is 12.1 Å². The van der Waals surface area contributed by atoms with Crippen LogP contribution in [0.2, 0.25) is 0 Å². The number of benzene rings is 1. The first-order valence-corrected chi connectivity index (χ1v) is 7.86. The van der Waals surface area contributed by atoms with Gasteiger partial charge in [0.25, 0.3) is 0 Å². The highest BCUT2D eigenvalue weighted by atomic mass is 16.4. The normalized spacial score (nSPS) is 15.4. The second-order valence-electron chi connectivity index (χ2n) is 5.88. The zero-order valence-electron chi connectivity index (χ0n) is 12.9. The first-order chi connectivity index (χ1) is 11.7. The molecule has 0 radical (unpaired) electrons. The third-order valence-corrected chi connectivity index (χ3v) is 3.92. The number of fused-ring (bicyclic) bond motifs is 1. The number of carbonyl (C=O) groups is 1. The number of rotatable bonds is 5. The lowest BCUT2D eigenvalue weighted by Crippen LogP contribution is -2.32. The summed E-state index contributed by atoms with van der Waals surface area (Å²) in [5.74, 6) is 1.62. The van der Waals surface area contributed by atoms with Gasteiger partial charge in [0.1, 0.15) is 17.4 Å².